The van der Waals surface area contributed by atoms with Crippen molar-refractivity contribution in [2.75, 3.05) is 6.54 Å². The predicted molar refractivity (Wildman–Crippen MR) is 89.4 cm³/mol. The highest BCUT2D eigenvalue weighted by Gasteiger charge is 2.26. The summed E-state index contributed by atoms with van der Waals surface area (Å²) in [6.07, 6.45) is 5.45. The number of hydrogen-bond donors (Lipinski definition) is 0. The first-order valence-corrected chi connectivity index (χ1v) is 8.02. The molecule has 3 rings (SSSR count). The van der Waals surface area contributed by atoms with E-state index in [2.05, 4.69) is 11.9 Å². The summed E-state index contributed by atoms with van der Waals surface area (Å²) in [4.78, 5) is 18.7. The monoisotopic (exact) mass is 334 g/mol. The molecule has 1 unspecified atom stereocenters. The van der Waals surface area contributed by atoms with Crippen LogP contribution in [-0.2, 0) is 0 Å². The number of nitrogens with zero attached hydrogens (tertiary/aromatic N) is 2. The zero-order valence-corrected chi connectivity index (χ0v) is 13.7. The fourth-order valence-corrected chi connectivity index (χ4v) is 3.36. The second-order valence-corrected chi connectivity index (χ2v) is 6.48. The summed E-state index contributed by atoms with van der Waals surface area (Å²) in [5, 5.41) is 1.12. The fourth-order valence-electron chi connectivity index (χ4n) is 2.84. The van der Waals surface area contributed by atoms with E-state index in [-0.39, 0.29) is 11.9 Å². The third kappa shape index (κ3) is 3.11. The van der Waals surface area contributed by atoms with E-state index in [4.69, 9.17) is 23.2 Å². The molecular weight excluding hydrogens is 319 g/mol. The Bertz CT molecular complexity index is 697. The Kier molecular flexibility index (Phi) is 4.37. The topological polar surface area (TPSA) is 33.2 Å². The van der Waals surface area contributed by atoms with E-state index in [1.807, 2.05) is 23.1 Å². The van der Waals surface area contributed by atoms with Gasteiger partial charge in [-0.25, -0.2) is 0 Å². The van der Waals surface area contributed by atoms with Gasteiger partial charge in [0.1, 0.15) is 0 Å². The number of aromatic nitrogens is 1. The van der Waals surface area contributed by atoms with Crippen molar-refractivity contribution in [3.05, 3.63) is 52.3 Å². The molecule has 1 atom stereocenters. The number of pyridine rings is 1. The lowest BCUT2D eigenvalue weighted by Gasteiger charge is -2.21. The predicted octanol–water partition coefficient (Wildman–Crippen LogP) is 4.68. The Hall–Kier alpha value is -1.58. The standard InChI is InChI=1S/C17H16Cl2N2O/c1-11-3-2-4-21(11)17(22)14-5-13(9-20-10-14)12-6-15(18)8-16(19)7-12/h5-11H,2-4H2,1H3. The van der Waals surface area contributed by atoms with Crippen LogP contribution in [0.4, 0.5) is 0 Å². The number of carbonyl (C=O) groups is 1. The number of carbonyl (C=O) groups excluding carboxylic acids is 1. The van der Waals surface area contributed by atoms with Gasteiger partial charge in [-0.05, 0) is 49.6 Å². The van der Waals surface area contributed by atoms with E-state index in [9.17, 15) is 4.79 Å². The van der Waals surface area contributed by atoms with E-state index in [1.165, 1.54) is 0 Å². The molecule has 22 heavy (non-hydrogen) atoms. The van der Waals surface area contributed by atoms with Gasteiger partial charge in [-0.3, -0.25) is 9.78 Å². The van der Waals surface area contributed by atoms with Crippen molar-refractivity contribution in [3.63, 3.8) is 0 Å². The van der Waals surface area contributed by atoms with E-state index < -0.39 is 0 Å². The Morgan fingerprint density at radius 1 is 1.14 bits per heavy atom. The molecule has 2 heterocycles. The summed E-state index contributed by atoms with van der Waals surface area (Å²) in [6.45, 7) is 2.89. The first kappa shape index (κ1) is 15.3. The fraction of sp³-hybridized carbons (Fsp3) is 0.294. The lowest BCUT2D eigenvalue weighted by atomic mass is 10.1. The van der Waals surface area contributed by atoms with Gasteiger partial charge in [0.15, 0.2) is 0 Å². The van der Waals surface area contributed by atoms with Gasteiger partial charge in [-0.2, -0.15) is 0 Å². The summed E-state index contributed by atoms with van der Waals surface area (Å²) in [5.41, 5.74) is 2.29. The molecule has 5 heteroatoms. The van der Waals surface area contributed by atoms with Crippen LogP contribution >= 0.6 is 23.2 Å². The average Bonchev–Trinajstić information content (AvgIpc) is 2.92. The molecule has 2 aromatic rings. The molecule has 3 nitrogen and oxygen atoms in total. The maximum atomic E-state index is 12.6. The van der Waals surface area contributed by atoms with Gasteiger partial charge in [0.2, 0.25) is 0 Å². The minimum atomic E-state index is 0.0347. The lowest BCUT2D eigenvalue weighted by Crippen LogP contribution is -2.33. The molecule has 1 saturated heterocycles. The molecule has 1 aromatic heterocycles. The highest BCUT2D eigenvalue weighted by atomic mass is 35.5. The molecule has 0 radical (unpaired) electrons. The van der Waals surface area contributed by atoms with Crippen LogP contribution in [0.25, 0.3) is 11.1 Å². The van der Waals surface area contributed by atoms with Crippen molar-refractivity contribution in [1.29, 1.82) is 0 Å². The van der Waals surface area contributed by atoms with Crippen LogP contribution in [0, 0.1) is 0 Å². The summed E-state index contributed by atoms with van der Waals surface area (Å²) in [5.74, 6) is 0.0347. The van der Waals surface area contributed by atoms with E-state index in [1.54, 1.807) is 18.5 Å². The highest BCUT2D eigenvalue weighted by Crippen LogP contribution is 2.28. The van der Waals surface area contributed by atoms with Crippen molar-refractivity contribution in [2.24, 2.45) is 0 Å². The first-order chi connectivity index (χ1) is 10.5. The second kappa shape index (κ2) is 6.27. The van der Waals surface area contributed by atoms with Gasteiger partial charge in [0, 0.05) is 40.6 Å². The summed E-state index contributed by atoms with van der Waals surface area (Å²) in [6, 6.07) is 7.45. The molecule has 0 N–H and O–H groups in total. The third-order valence-corrected chi connectivity index (χ3v) is 4.43. The minimum Gasteiger partial charge on any atom is -0.336 e. The van der Waals surface area contributed by atoms with Crippen LogP contribution in [0.1, 0.15) is 30.1 Å². The van der Waals surface area contributed by atoms with Crippen molar-refractivity contribution in [1.82, 2.24) is 9.88 Å². The Balaban J connectivity index is 1.94. The van der Waals surface area contributed by atoms with Crippen molar-refractivity contribution < 1.29 is 4.79 Å². The maximum Gasteiger partial charge on any atom is 0.255 e. The molecule has 0 aliphatic carbocycles. The first-order valence-electron chi connectivity index (χ1n) is 7.27. The van der Waals surface area contributed by atoms with Crippen molar-refractivity contribution >= 4 is 29.1 Å². The summed E-state index contributed by atoms with van der Waals surface area (Å²) >= 11 is 12.1. The van der Waals surface area contributed by atoms with Crippen LogP contribution in [0.3, 0.4) is 0 Å². The highest BCUT2D eigenvalue weighted by molar-refractivity contribution is 6.35. The van der Waals surface area contributed by atoms with Gasteiger partial charge >= 0.3 is 0 Å². The quantitative estimate of drug-likeness (QED) is 0.798. The van der Waals surface area contributed by atoms with Gasteiger partial charge < -0.3 is 4.90 Å². The Morgan fingerprint density at radius 2 is 1.86 bits per heavy atom. The molecule has 1 aromatic carbocycles. The van der Waals surface area contributed by atoms with Crippen LogP contribution in [0.2, 0.25) is 10.0 Å². The van der Waals surface area contributed by atoms with E-state index in [0.717, 1.165) is 30.5 Å². The normalized spacial score (nSPS) is 17.8. The zero-order chi connectivity index (χ0) is 15.7. The third-order valence-electron chi connectivity index (χ3n) is 3.99. The van der Waals surface area contributed by atoms with Crippen LogP contribution in [0.5, 0.6) is 0 Å². The number of benzene rings is 1. The van der Waals surface area contributed by atoms with E-state index >= 15 is 0 Å². The second-order valence-electron chi connectivity index (χ2n) is 5.61. The largest absolute Gasteiger partial charge is 0.336 e. The summed E-state index contributed by atoms with van der Waals surface area (Å²) < 4.78 is 0. The van der Waals surface area contributed by atoms with Crippen molar-refractivity contribution in [3.8, 4) is 11.1 Å². The van der Waals surface area contributed by atoms with Gasteiger partial charge in [-0.1, -0.05) is 23.2 Å². The van der Waals surface area contributed by atoms with Crippen LogP contribution in [-0.4, -0.2) is 28.4 Å². The molecule has 1 fully saturated rings. The minimum absolute atomic E-state index is 0.0347. The average molecular weight is 335 g/mol. The number of amides is 1. The number of likely N-dealkylation sites (tertiary alicyclic amines) is 1. The summed E-state index contributed by atoms with van der Waals surface area (Å²) in [7, 11) is 0. The molecule has 1 aliphatic heterocycles. The van der Waals surface area contributed by atoms with Crippen molar-refractivity contribution in [2.45, 2.75) is 25.8 Å². The van der Waals surface area contributed by atoms with Gasteiger partial charge in [0.25, 0.3) is 5.91 Å². The van der Waals surface area contributed by atoms with Gasteiger partial charge in [-0.15, -0.1) is 0 Å². The molecule has 1 aliphatic rings. The molecular formula is C17H16Cl2N2O. The van der Waals surface area contributed by atoms with Crippen LogP contribution in [0.15, 0.2) is 36.7 Å². The molecule has 114 valence electrons. The van der Waals surface area contributed by atoms with E-state index in [0.29, 0.717) is 15.6 Å². The Labute approximate surface area is 139 Å². The Morgan fingerprint density at radius 3 is 2.50 bits per heavy atom. The lowest BCUT2D eigenvalue weighted by molar-refractivity contribution is 0.0747. The number of halogens is 2. The maximum absolute atomic E-state index is 12.6. The smallest absolute Gasteiger partial charge is 0.255 e. The molecule has 1 amide bonds. The van der Waals surface area contributed by atoms with Crippen LogP contribution < -0.4 is 0 Å². The van der Waals surface area contributed by atoms with Gasteiger partial charge in [0.05, 0.1) is 5.56 Å². The number of rotatable bonds is 2. The molecule has 0 saturated carbocycles. The SMILES string of the molecule is CC1CCCN1C(=O)c1cncc(-c2cc(Cl)cc(Cl)c2)c1. The molecule has 0 bridgehead atoms. The zero-order valence-electron chi connectivity index (χ0n) is 12.2. The molecule has 0 spiro atoms. The number of hydrogen-bond acceptors (Lipinski definition) is 2.